The Morgan fingerprint density at radius 3 is 2.22 bits per heavy atom. The van der Waals surface area contributed by atoms with Crippen molar-refractivity contribution in [3.05, 3.63) is 29.8 Å². The Kier molecular flexibility index (Phi) is 7.06. The van der Waals surface area contributed by atoms with Crippen LogP contribution in [0.15, 0.2) is 29.2 Å². The largest absolute Gasteiger partial charge is 0.466 e. The fraction of sp³-hybridized carbons (Fsp3) is 0.550. The normalized spacial score (nSPS) is 27.9. The zero-order valence-electron chi connectivity index (χ0n) is 16.1. The van der Waals surface area contributed by atoms with Gasteiger partial charge in [0, 0.05) is 17.2 Å². The molecule has 27 heavy (non-hydrogen) atoms. The highest BCUT2D eigenvalue weighted by molar-refractivity contribution is 7.98. The van der Waals surface area contributed by atoms with Crippen molar-refractivity contribution in [2.24, 2.45) is 11.8 Å². The standard InChI is InChI=1S/C20H26O6S/c1-5-25-18(22)16-14(21)11-20(3,24)17(19(23)26-6-2)15(16)12-7-9-13(27-4)10-8-12/h7-10,15-17,24H,5-6,11H2,1-4H3/t15-,16-,17-,20-/m1/s1. The van der Waals surface area contributed by atoms with Crippen molar-refractivity contribution < 1.29 is 29.0 Å². The van der Waals surface area contributed by atoms with Gasteiger partial charge in [0.1, 0.15) is 5.92 Å². The number of carbonyl (C=O) groups excluding carboxylic acids is 3. The second kappa shape index (κ2) is 8.89. The van der Waals surface area contributed by atoms with Crippen molar-refractivity contribution in [1.82, 2.24) is 0 Å². The van der Waals surface area contributed by atoms with Crippen LogP contribution in [-0.4, -0.2) is 47.9 Å². The van der Waals surface area contributed by atoms with E-state index in [4.69, 9.17) is 9.47 Å². The second-order valence-corrected chi connectivity index (χ2v) is 7.64. The third-order valence-corrected chi connectivity index (χ3v) is 5.59. The third-order valence-electron chi connectivity index (χ3n) is 4.85. The van der Waals surface area contributed by atoms with Crippen molar-refractivity contribution in [3.8, 4) is 0 Å². The number of Topliss-reactive ketones (excluding diaryl/α,β-unsaturated/α-hetero) is 1. The minimum Gasteiger partial charge on any atom is -0.466 e. The molecule has 0 radical (unpaired) electrons. The molecular weight excluding hydrogens is 368 g/mol. The molecule has 0 saturated heterocycles. The minimum atomic E-state index is -1.62. The lowest BCUT2D eigenvalue weighted by Crippen LogP contribution is -2.55. The Labute approximate surface area is 163 Å². The van der Waals surface area contributed by atoms with Crippen molar-refractivity contribution in [3.63, 3.8) is 0 Å². The summed E-state index contributed by atoms with van der Waals surface area (Å²) in [7, 11) is 0. The summed E-state index contributed by atoms with van der Waals surface area (Å²) < 4.78 is 10.3. The molecule has 0 aromatic heterocycles. The van der Waals surface area contributed by atoms with Gasteiger partial charge in [-0.25, -0.2) is 0 Å². The molecule has 1 N–H and O–H groups in total. The number of carbonyl (C=O) groups is 3. The summed E-state index contributed by atoms with van der Waals surface area (Å²) in [5.74, 6) is -4.79. The summed E-state index contributed by atoms with van der Waals surface area (Å²) in [6.45, 7) is 5.04. The van der Waals surface area contributed by atoms with E-state index in [1.165, 1.54) is 6.92 Å². The van der Waals surface area contributed by atoms with Crippen LogP contribution in [0.2, 0.25) is 0 Å². The van der Waals surface area contributed by atoms with Gasteiger partial charge in [0.15, 0.2) is 5.78 Å². The second-order valence-electron chi connectivity index (χ2n) is 6.76. The van der Waals surface area contributed by atoms with Crippen LogP contribution in [-0.2, 0) is 23.9 Å². The van der Waals surface area contributed by atoms with E-state index in [0.717, 1.165) is 4.90 Å². The molecule has 1 aromatic rings. The highest BCUT2D eigenvalue weighted by Gasteiger charge is 2.57. The van der Waals surface area contributed by atoms with Gasteiger partial charge in [-0.3, -0.25) is 14.4 Å². The van der Waals surface area contributed by atoms with Gasteiger partial charge in [0.25, 0.3) is 0 Å². The smallest absolute Gasteiger partial charge is 0.317 e. The molecule has 2 rings (SSSR count). The number of ether oxygens (including phenoxy) is 2. The van der Waals surface area contributed by atoms with Crippen molar-refractivity contribution >= 4 is 29.5 Å². The Hall–Kier alpha value is -1.86. The van der Waals surface area contributed by atoms with E-state index in [-0.39, 0.29) is 19.6 Å². The van der Waals surface area contributed by atoms with Crippen molar-refractivity contribution in [2.45, 2.75) is 43.6 Å². The predicted octanol–water partition coefficient (Wildman–Crippen LogP) is 2.57. The van der Waals surface area contributed by atoms with Crippen LogP contribution in [0.25, 0.3) is 0 Å². The zero-order chi connectivity index (χ0) is 20.2. The molecule has 1 aromatic carbocycles. The van der Waals surface area contributed by atoms with Crippen LogP contribution in [0.1, 0.15) is 38.7 Å². The molecule has 0 amide bonds. The first-order valence-corrected chi connectivity index (χ1v) is 10.2. The van der Waals surface area contributed by atoms with Crippen molar-refractivity contribution in [2.75, 3.05) is 19.5 Å². The summed E-state index contributed by atoms with van der Waals surface area (Å²) in [6.07, 6.45) is 1.63. The lowest BCUT2D eigenvalue weighted by atomic mass is 9.62. The topological polar surface area (TPSA) is 89.9 Å². The van der Waals surface area contributed by atoms with E-state index in [2.05, 4.69) is 0 Å². The van der Waals surface area contributed by atoms with Crippen LogP contribution in [0.4, 0.5) is 0 Å². The maximum atomic E-state index is 12.7. The van der Waals surface area contributed by atoms with Gasteiger partial charge in [-0.1, -0.05) is 12.1 Å². The van der Waals surface area contributed by atoms with Gasteiger partial charge in [-0.2, -0.15) is 0 Å². The van der Waals surface area contributed by atoms with Gasteiger partial charge in [0.05, 0.1) is 24.7 Å². The van der Waals surface area contributed by atoms with Gasteiger partial charge in [-0.05, 0) is 44.7 Å². The molecule has 7 heteroatoms. The first kappa shape index (κ1) is 21.4. The van der Waals surface area contributed by atoms with E-state index in [1.54, 1.807) is 37.7 Å². The maximum absolute atomic E-state index is 12.7. The fourth-order valence-corrected chi connectivity index (χ4v) is 4.11. The molecule has 4 atom stereocenters. The van der Waals surface area contributed by atoms with E-state index in [9.17, 15) is 19.5 Å². The van der Waals surface area contributed by atoms with Crippen LogP contribution in [0.3, 0.4) is 0 Å². The van der Waals surface area contributed by atoms with Gasteiger partial charge >= 0.3 is 11.9 Å². The van der Waals surface area contributed by atoms with E-state index in [0.29, 0.717) is 5.56 Å². The fourth-order valence-electron chi connectivity index (χ4n) is 3.71. The summed E-state index contributed by atoms with van der Waals surface area (Å²) in [5, 5.41) is 10.9. The Bertz CT molecular complexity index is 697. The van der Waals surface area contributed by atoms with Crippen LogP contribution in [0.5, 0.6) is 0 Å². The molecule has 0 unspecified atom stereocenters. The quantitative estimate of drug-likeness (QED) is 0.450. The number of hydrogen-bond acceptors (Lipinski definition) is 7. The molecular formula is C20H26O6S. The number of esters is 2. The number of benzene rings is 1. The monoisotopic (exact) mass is 394 g/mol. The molecule has 0 bridgehead atoms. The van der Waals surface area contributed by atoms with Crippen LogP contribution >= 0.6 is 11.8 Å². The number of thioether (sulfide) groups is 1. The Morgan fingerprint density at radius 2 is 1.70 bits per heavy atom. The van der Waals surface area contributed by atoms with E-state index in [1.807, 2.05) is 18.4 Å². The summed E-state index contributed by atoms with van der Waals surface area (Å²) in [5.41, 5.74) is -0.993. The minimum absolute atomic E-state index is 0.126. The molecule has 0 spiro atoms. The van der Waals surface area contributed by atoms with E-state index >= 15 is 0 Å². The molecule has 1 aliphatic carbocycles. The van der Waals surface area contributed by atoms with Crippen molar-refractivity contribution in [1.29, 1.82) is 0 Å². The molecule has 1 fully saturated rings. The van der Waals surface area contributed by atoms with Gasteiger partial charge in [0.2, 0.25) is 0 Å². The summed E-state index contributed by atoms with van der Waals surface area (Å²) >= 11 is 1.56. The average molecular weight is 394 g/mol. The average Bonchev–Trinajstić information content (AvgIpc) is 2.60. The lowest BCUT2D eigenvalue weighted by Gasteiger charge is -2.43. The Morgan fingerprint density at radius 1 is 1.15 bits per heavy atom. The predicted molar refractivity (Wildman–Crippen MR) is 101 cm³/mol. The van der Waals surface area contributed by atoms with E-state index < -0.39 is 41.1 Å². The molecule has 1 saturated carbocycles. The van der Waals surface area contributed by atoms with Crippen LogP contribution < -0.4 is 0 Å². The maximum Gasteiger partial charge on any atom is 0.317 e. The van der Waals surface area contributed by atoms with Gasteiger partial charge < -0.3 is 14.6 Å². The third kappa shape index (κ3) is 4.52. The van der Waals surface area contributed by atoms with Gasteiger partial charge in [-0.15, -0.1) is 11.8 Å². The SMILES string of the molecule is CCOC(=O)[C@@H]1C(=O)C[C@@](C)(O)[C@@H](C(=O)OCC)[C@@H]1c1ccc(SC)cc1. The lowest BCUT2D eigenvalue weighted by molar-refractivity contribution is -0.172. The first-order valence-electron chi connectivity index (χ1n) is 8.99. The molecule has 0 aliphatic heterocycles. The first-order chi connectivity index (χ1) is 12.8. The summed E-state index contributed by atoms with van der Waals surface area (Å²) in [4.78, 5) is 39.0. The molecule has 148 valence electrons. The molecule has 0 heterocycles. The molecule has 6 nitrogen and oxygen atoms in total. The zero-order valence-corrected chi connectivity index (χ0v) is 16.9. The number of aliphatic hydroxyl groups is 1. The summed E-state index contributed by atoms with van der Waals surface area (Å²) in [6, 6.07) is 7.28. The Balaban J connectivity index is 2.59. The highest BCUT2D eigenvalue weighted by atomic mass is 32.2. The number of hydrogen-bond donors (Lipinski definition) is 1. The highest BCUT2D eigenvalue weighted by Crippen LogP contribution is 2.46. The number of ketones is 1. The number of rotatable bonds is 6. The molecule has 1 aliphatic rings. The van der Waals surface area contributed by atoms with Crippen LogP contribution in [0, 0.1) is 11.8 Å².